The molecular weight excluding hydrogens is 197 g/mol. The molecular formula is C7H8FNO3S. The molecule has 1 heterocycles. The Hall–Kier alpha value is -0.910. The maximum atomic E-state index is 12.2. The van der Waals surface area contributed by atoms with Crippen LogP contribution in [0, 0.1) is 0 Å². The van der Waals surface area contributed by atoms with Crippen molar-refractivity contribution >= 4 is 10.2 Å². The van der Waals surface area contributed by atoms with Crippen LogP contribution in [0.2, 0.25) is 0 Å². The minimum absolute atomic E-state index is 0.143. The molecule has 72 valence electrons. The summed E-state index contributed by atoms with van der Waals surface area (Å²) < 4.78 is 37.5. The lowest BCUT2D eigenvalue weighted by Gasteiger charge is -1.85. The van der Waals surface area contributed by atoms with Crippen molar-refractivity contribution in [2.75, 3.05) is 0 Å². The summed E-state index contributed by atoms with van der Waals surface area (Å²) in [6.45, 7) is 0. The van der Waals surface area contributed by atoms with E-state index in [1.807, 2.05) is 0 Å². The number of nitrogens with zero attached hydrogens (tertiary/aromatic N) is 1. The van der Waals surface area contributed by atoms with E-state index in [9.17, 15) is 12.3 Å². The Kier molecular flexibility index (Phi) is 1.87. The molecule has 1 fully saturated rings. The Balaban J connectivity index is 2.13. The largest absolute Gasteiger partial charge is 0.361 e. The molecule has 0 aromatic carbocycles. The molecule has 1 aliphatic rings. The summed E-state index contributed by atoms with van der Waals surface area (Å²) in [7, 11) is -4.49. The van der Waals surface area contributed by atoms with Gasteiger partial charge in [-0.1, -0.05) is 5.16 Å². The van der Waals surface area contributed by atoms with Gasteiger partial charge in [0.05, 0.1) is 0 Å². The lowest BCUT2D eigenvalue weighted by molar-refractivity contribution is 0.379. The maximum absolute atomic E-state index is 12.2. The lowest BCUT2D eigenvalue weighted by Crippen LogP contribution is -1.95. The standard InChI is InChI=1S/C7H8FNO3S/c8-13(10,11)4-6-3-7(12-9-6)5-1-2-5/h3,5H,1-2,4H2. The van der Waals surface area contributed by atoms with E-state index in [-0.39, 0.29) is 5.69 Å². The van der Waals surface area contributed by atoms with Crippen molar-refractivity contribution in [3.63, 3.8) is 0 Å². The summed E-state index contributed by atoms with van der Waals surface area (Å²) >= 11 is 0. The normalized spacial score (nSPS) is 17.6. The van der Waals surface area contributed by atoms with Crippen LogP contribution in [0.4, 0.5) is 3.89 Å². The number of hydrogen-bond donors (Lipinski definition) is 0. The predicted octanol–water partition coefficient (Wildman–Crippen LogP) is 1.35. The topological polar surface area (TPSA) is 60.2 Å². The fourth-order valence-electron chi connectivity index (χ4n) is 1.13. The van der Waals surface area contributed by atoms with Crippen molar-refractivity contribution in [3.05, 3.63) is 17.5 Å². The van der Waals surface area contributed by atoms with E-state index >= 15 is 0 Å². The van der Waals surface area contributed by atoms with Gasteiger partial charge in [-0.3, -0.25) is 0 Å². The minimum Gasteiger partial charge on any atom is -0.361 e. The highest BCUT2D eigenvalue weighted by molar-refractivity contribution is 7.85. The van der Waals surface area contributed by atoms with Crippen LogP contribution in [0.25, 0.3) is 0 Å². The summed E-state index contributed by atoms with van der Waals surface area (Å²) in [6.07, 6.45) is 2.08. The molecule has 0 spiro atoms. The van der Waals surface area contributed by atoms with Gasteiger partial charge in [0.15, 0.2) is 0 Å². The summed E-state index contributed by atoms with van der Waals surface area (Å²) in [4.78, 5) is 0. The second kappa shape index (κ2) is 2.80. The first-order valence-corrected chi connectivity index (χ1v) is 5.48. The molecule has 6 heteroatoms. The zero-order chi connectivity index (χ0) is 9.47. The minimum atomic E-state index is -4.49. The van der Waals surface area contributed by atoms with Crippen LogP contribution in [0.3, 0.4) is 0 Å². The molecule has 1 aromatic rings. The molecule has 1 saturated carbocycles. The highest BCUT2D eigenvalue weighted by Crippen LogP contribution is 2.40. The van der Waals surface area contributed by atoms with Crippen molar-refractivity contribution in [2.45, 2.75) is 24.5 Å². The van der Waals surface area contributed by atoms with Gasteiger partial charge in [-0.05, 0) is 12.8 Å². The van der Waals surface area contributed by atoms with Crippen LogP contribution in [0.1, 0.15) is 30.2 Å². The van der Waals surface area contributed by atoms with E-state index < -0.39 is 16.0 Å². The van der Waals surface area contributed by atoms with Gasteiger partial charge in [-0.25, -0.2) is 0 Å². The Morgan fingerprint density at radius 1 is 1.62 bits per heavy atom. The molecule has 0 atom stereocenters. The van der Waals surface area contributed by atoms with Gasteiger partial charge in [0.1, 0.15) is 17.2 Å². The Bertz CT molecular complexity index is 407. The number of rotatable bonds is 3. The van der Waals surface area contributed by atoms with Crippen LogP contribution in [-0.2, 0) is 16.0 Å². The molecule has 2 rings (SSSR count). The predicted molar refractivity (Wildman–Crippen MR) is 42.2 cm³/mol. The van der Waals surface area contributed by atoms with Crippen LogP contribution in [-0.4, -0.2) is 13.6 Å². The third-order valence-electron chi connectivity index (χ3n) is 1.88. The van der Waals surface area contributed by atoms with Crippen molar-refractivity contribution in [1.29, 1.82) is 0 Å². The third kappa shape index (κ3) is 2.27. The number of halogens is 1. The summed E-state index contributed by atoms with van der Waals surface area (Å²) in [5.41, 5.74) is 0.143. The smallest absolute Gasteiger partial charge is 0.308 e. The van der Waals surface area contributed by atoms with E-state index in [4.69, 9.17) is 4.52 Å². The molecule has 0 unspecified atom stereocenters. The van der Waals surface area contributed by atoms with Crippen molar-refractivity contribution in [3.8, 4) is 0 Å². The lowest BCUT2D eigenvalue weighted by atomic mass is 10.3. The molecule has 0 bridgehead atoms. The maximum Gasteiger partial charge on any atom is 0.308 e. The zero-order valence-corrected chi connectivity index (χ0v) is 7.55. The van der Waals surface area contributed by atoms with Crippen LogP contribution >= 0.6 is 0 Å². The molecule has 0 amide bonds. The van der Waals surface area contributed by atoms with E-state index in [0.29, 0.717) is 11.7 Å². The van der Waals surface area contributed by atoms with Crippen molar-refractivity contribution in [2.24, 2.45) is 0 Å². The Morgan fingerprint density at radius 2 is 2.31 bits per heavy atom. The summed E-state index contributed by atoms with van der Waals surface area (Å²) in [6, 6.07) is 1.51. The second-order valence-electron chi connectivity index (χ2n) is 3.18. The van der Waals surface area contributed by atoms with Crippen LogP contribution < -0.4 is 0 Å². The molecule has 0 N–H and O–H groups in total. The first-order valence-electron chi connectivity index (χ1n) is 3.92. The fraction of sp³-hybridized carbons (Fsp3) is 0.571. The summed E-state index contributed by atoms with van der Waals surface area (Å²) in [5.74, 6) is 0.339. The van der Waals surface area contributed by atoms with Gasteiger partial charge >= 0.3 is 10.2 Å². The van der Waals surface area contributed by atoms with Gasteiger partial charge in [0.25, 0.3) is 0 Å². The number of aromatic nitrogens is 1. The molecule has 0 saturated heterocycles. The van der Waals surface area contributed by atoms with Gasteiger partial charge in [-0.15, -0.1) is 3.89 Å². The zero-order valence-electron chi connectivity index (χ0n) is 6.73. The second-order valence-corrected chi connectivity index (χ2v) is 4.54. The molecule has 0 aliphatic heterocycles. The third-order valence-corrected chi connectivity index (χ3v) is 2.52. The van der Waals surface area contributed by atoms with Crippen LogP contribution in [0.5, 0.6) is 0 Å². The molecule has 0 radical (unpaired) electrons. The SMILES string of the molecule is O=S(=O)(F)Cc1cc(C2CC2)on1. The molecule has 1 aromatic heterocycles. The quantitative estimate of drug-likeness (QED) is 0.699. The van der Waals surface area contributed by atoms with E-state index in [1.165, 1.54) is 6.07 Å². The monoisotopic (exact) mass is 205 g/mol. The van der Waals surface area contributed by atoms with Gasteiger partial charge in [-0.2, -0.15) is 8.42 Å². The first kappa shape index (κ1) is 8.68. The van der Waals surface area contributed by atoms with Gasteiger partial charge in [0.2, 0.25) is 0 Å². The first-order chi connectivity index (χ1) is 6.04. The van der Waals surface area contributed by atoms with E-state index in [2.05, 4.69) is 5.16 Å². The molecule has 1 aliphatic carbocycles. The highest BCUT2D eigenvalue weighted by Gasteiger charge is 2.28. The van der Waals surface area contributed by atoms with E-state index in [0.717, 1.165) is 12.8 Å². The van der Waals surface area contributed by atoms with E-state index in [1.54, 1.807) is 0 Å². The fourth-order valence-corrected chi connectivity index (χ4v) is 1.62. The van der Waals surface area contributed by atoms with Crippen LogP contribution in [0.15, 0.2) is 10.6 Å². The summed E-state index contributed by atoms with van der Waals surface area (Å²) in [5, 5.41) is 3.47. The van der Waals surface area contributed by atoms with Crippen molar-refractivity contribution < 1.29 is 16.8 Å². The van der Waals surface area contributed by atoms with Gasteiger partial charge in [0, 0.05) is 12.0 Å². The van der Waals surface area contributed by atoms with Gasteiger partial charge < -0.3 is 4.52 Å². The average molecular weight is 205 g/mol. The Morgan fingerprint density at radius 3 is 2.85 bits per heavy atom. The highest BCUT2D eigenvalue weighted by atomic mass is 32.3. The number of hydrogen-bond acceptors (Lipinski definition) is 4. The average Bonchev–Trinajstić information content (AvgIpc) is 2.72. The molecule has 13 heavy (non-hydrogen) atoms. The Labute approximate surface area is 74.9 Å². The molecule has 4 nitrogen and oxygen atoms in total. The van der Waals surface area contributed by atoms with Crippen molar-refractivity contribution in [1.82, 2.24) is 5.16 Å².